The third-order valence-electron chi connectivity index (χ3n) is 3.57. The number of aryl methyl sites for hydroxylation is 1. The van der Waals surface area contributed by atoms with Crippen molar-refractivity contribution in [1.82, 2.24) is 0 Å². The molecule has 0 saturated heterocycles. The standard InChI is InChI=1S/C18H15NO2/c1-19-15(9-6-13-4-2-3-5-17(13)19)10-7-14-8-11-16(20)12-18(14)21/h2-12H,1H3,(H,20,21)/p+1. The van der Waals surface area contributed by atoms with Gasteiger partial charge in [0.05, 0.1) is 0 Å². The van der Waals surface area contributed by atoms with Crippen LogP contribution in [-0.2, 0) is 7.05 Å². The summed E-state index contributed by atoms with van der Waals surface area (Å²) in [5, 5.41) is 20.3. The van der Waals surface area contributed by atoms with Crippen LogP contribution in [0.4, 0.5) is 0 Å². The van der Waals surface area contributed by atoms with Gasteiger partial charge in [-0.05, 0) is 30.3 Å². The highest BCUT2D eigenvalue weighted by Crippen LogP contribution is 2.24. The second kappa shape index (κ2) is 5.29. The Morgan fingerprint density at radius 2 is 1.71 bits per heavy atom. The van der Waals surface area contributed by atoms with Gasteiger partial charge in [-0.15, -0.1) is 0 Å². The average molecular weight is 278 g/mol. The fourth-order valence-electron chi connectivity index (χ4n) is 2.38. The summed E-state index contributed by atoms with van der Waals surface area (Å²) in [7, 11) is 2.01. The Morgan fingerprint density at radius 3 is 2.52 bits per heavy atom. The predicted octanol–water partition coefficient (Wildman–Crippen LogP) is 3.25. The van der Waals surface area contributed by atoms with Gasteiger partial charge in [-0.3, -0.25) is 0 Å². The van der Waals surface area contributed by atoms with Crippen LogP contribution in [0.1, 0.15) is 11.3 Å². The number of hydrogen-bond acceptors (Lipinski definition) is 2. The molecule has 0 saturated carbocycles. The van der Waals surface area contributed by atoms with Crippen LogP contribution in [0.25, 0.3) is 23.1 Å². The molecule has 0 amide bonds. The Morgan fingerprint density at radius 1 is 0.905 bits per heavy atom. The lowest BCUT2D eigenvalue weighted by Gasteiger charge is -2.01. The van der Waals surface area contributed by atoms with Crippen LogP contribution in [0.3, 0.4) is 0 Å². The van der Waals surface area contributed by atoms with Gasteiger partial charge in [-0.1, -0.05) is 12.1 Å². The average Bonchev–Trinajstić information content (AvgIpc) is 2.48. The normalized spacial score (nSPS) is 11.3. The van der Waals surface area contributed by atoms with Crippen LogP contribution < -0.4 is 4.57 Å². The molecule has 3 aromatic rings. The zero-order valence-corrected chi connectivity index (χ0v) is 11.7. The van der Waals surface area contributed by atoms with Gasteiger partial charge >= 0.3 is 0 Å². The first-order valence-electron chi connectivity index (χ1n) is 6.73. The van der Waals surface area contributed by atoms with E-state index in [0.29, 0.717) is 5.56 Å². The summed E-state index contributed by atoms with van der Waals surface area (Å²) in [6, 6.07) is 16.9. The molecule has 1 aromatic heterocycles. The number of rotatable bonds is 2. The largest absolute Gasteiger partial charge is 0.508 e. The molecule has 0 aliphatic rings. The van der Waals surface area contributed by atoms with Crippen molar-refractivity contribution in [2.45, 2.75) is 0 Å². The van der Waals surface area contributed by atoms with Crippen molar-refractivity contribution in [3.8, 4) is 11.5 Å². The van der Waals surface area contributed by atoms with Gasteiger partial charge in [0.15, 0.2) is 0 Å². The van der Waals surface area contributed by atoms with E-state index in [2.05, 4.69) is 22.8 Å². The molecule has 0 spiro atoms. The van der Waals surface area contributed by atoms with Gasteiger partial charge in [0, 0.05) is 35.2 Å². The third-order valence-corrected chi connectivity index (χ3v) is 3.57. The summed E-state index contributed by atoms with van der Waals surface area (Å²) >= 11 is 0. The number of para-hydroxylation sites is 1. The number of aromatic hydroxyl groups is 2. The number of hydrogen-bond donors (Lipinski definition) is 2. The van der Waals surface area contributed by atoms with Crippen molar-refractivity contribution in [2.75, 3.05) is 0 Å². The zero-order chi connectivity index (χ0) is 14.8. The molecule has 2 aromatic carbocycles. The SMILES string of the molecule is C[n+]1c(/C=C/c2ccc(O)cc2O)ccc2ccccc21. The van der Waals surface area contributed by atoms with Crippen LogP contribution in [0.5, 0.6) is 11.5 Å². The van der Waals surface area contributed by atoms with Crippen LogP contribution in [0.15, 0.2) is 54.6 Å². The van der Waals surface area contributed by atoms with Crippen molar-refractivity contribution in [3.63, 3.8) is 0 Å². The number of fused-ring (bicyclic) bond motifs is 1. The van der Waals surface area contributed by atoms with Gasteiger partial charge in [0.1, 0.15) is 18.5 Å². The molecule has 1 heterocycles. The Kier molecular flexibility index (Phi) is 3.32. The van der Waals surface area contributed by atoms with Crippen molar-refractivity contribution >= 4 is 23.1 Å². The number of aromatic nitrogens is 1. The zero-order valence-electron chi connectivity index (χ0n) is 11.7. The first kappa shape index (κ1) is 13.2. The highest BCUT2D eigenvalue weighted by Gasteiger charge is 2.08. The van der Waals surface area contributed by atoms with Gasteiger partial charge in [0.2, 0.25) is 11.2 Å². The minimum absolute atomic E-state index is 0.0564. The maximum atomic E-state index is 9.79. The molecule has 21 heavy (non-hydrogen) atoms. The smallest absolute Gasteiger partial charge is 0.212 e. The van der Waals surface area contributed by atoms with Gasteiger partial charge in [-0.25, -0.2) is 0 Å². The van der Waals surface area contributed by atoms with E-state index >= 15 is 0 Å². The molecule has 2 N–H and O–H groups in total. The van der Waals surface area contributed by atoms with E-state index in [9.17, 15) is 10.2 Å². The first-order chi connectivity index (χ1) is 10.1. The summed E-state index contributed by atoms with van der Waals surface area (Å²) in [5.41, 5.74) is 2.84. The molecule has 104 valence electrons. The van der Waals surface area contributed by atoms with E-state index in [1.54, 1.807) is 12.1 Å². The number of phenolic OH excluding ortho intramolecular Hbond substituents is 2. The van der Waals surface area contributed by atoms with Crippen LogP contribution in [0, 0.1) is 0 Å². The Bertz CT molecular complexity index is 838. The molecule has 0 aliphatic carbocycles. The lowest BCUT2D eigenvalue weighted by molar-refractivity contribution is -0.646. The Balaban J connectivity index is 2.01. The van der Waals surface area contributed by atoms with E-state index < -0.39 is 0 Å². The van der Waals surface area contributed by atoms with Crippen molar-refractivity contribution in [3.05, 3.63) is 65.9 Å². The number of nitrogens with zero attached hydrogens (tertiary/aromatic N) is 1. The first-order valence-corrected chi connectivity index (χ1v) is 6.73. The van der Waals surface area contributed by atoms with Crippen LogP contribution in [0.2, 0.25) is 0 Å². The second-order valence-electron chi connectivity index (χ2n) is 4.95. The maximum Gasteiger partial charge on any atom is 0.212 e. The van der Waals surface area contributed by atoms with Crippen molar-refractivity contribution < 1.29 is 14.8 Å². The Hall–Kier alpha value is -2.81. The molecule has 0 unspecified atom stereocenters. The fraction of sp³-hybridized carbons (Fsp3) is 0.0556. The lowest BCUT2D eigenvalue weighted by atomic mass is 10.1. The lowest BCUT2D eigenvalue weighted by Crippen LogP contribution is -2.32. The summed E-state index contributed by atoms with van der Waals surface area (Å²) in [5.74, 6) is 0.121. The van der Waals surface area contributed by atoms with Gasteiger partial charge in [-0.2, -0.15) is 4.57 Å². The van der Waals surface area contributed by atoms with E-state index in [0.717, 1.165) is 11.2 Å². The predicted molar refractivity (Wildman–Crippen MR) is 83.8 cm³/mol. The number of benzene rings is 2. The molecule has 0 fully saturated rings. The molecule has 0 aliphatic heterocycles. The monoisotopic (exact) mass is 278 g/mol. The highest BCUT2D eigenvalue weighted by atomic mass is 16.3. The highest BCUT2D eigenvalue weighted by molar-refractivity contribution is 5.77. The van der Waals surface area contributed by atoms with Crippen LogP contribution in [-0.4, -0.2) is 10.2 Å². The summed E-state index contributed by atoms with van der Waals surface area (Å²) in [6.45, 7) is 0. The van der Waals surface area contributed by atoms with E-state index in [1.165, 1.54) is 11.5 Å². The van der Waals surface area contributed by atoms with Crippen molar-refractivity contribution in [1.29, 1.82) is 0 Å². The molecular weight excluding hydrogens is 262 g/mol. The van der Waals surface area contributed by atoms with E-state index in [1.807, 2.05) is 37.4 Å². The van der Waals surface area contributed by atoms with Gasteiger partial charge in [0.25, 0.3) is 0 Å². The second-order valence-corrected chi connectivity index (χ2v) is 4.95. The number of pyridine rings is 1. The molecule has 0 atom stereocenters. The molecule has 3 nitrogen and oxygen atoms in total. The summed E-state index contributed by atoms with van der Waals surface area (Å²) in [6.07, 6.45) is 3.78. The Labute approximate surface area is 123 Å². The fourth-order valence-corrected chi connectivity index (χ4v) is 2.38. The molecule has 3 rings (SSSR count). The molecular formula is C18H16NO2+. The van der Waals surface area contributed by atoms with Crippen molar-refractivity contribution in [2.24, 2.45) is 7.05 Å². The molecule has 0 radical (unpaired) electrons. The van der Waals surface area contributed by atoms with E-state index in [4.69, 9.17) is 0 Å². The molecule has 3 heteroatoms. The summed E-state index contributed by atoms with van der Waals surface area (Å²) < 4.78 is 2.10. The topological polar surface area (TPSA) is 44.3 Å². The van der Waals surface area contributed by atoms with Crippen LogP contribution >= 0.6 is 0 Å². The maximum absolute atomic E-state index is 9.79. The molecule has 0 bridgehead atoms. The summed E-state index contributed by atoms with van der Waals surface area (Å²) in [4.78, 5) is 0. The minimum Gasteiger partial charge on any atom is -0.508 e. The van der Waals surface area contributed by atoms with Gasteiger partial charge < -0.3 is 10.2 Å². The van der Waals surface area contributed by atoms with E-state index in [-0.39, 0.29) is 11.5 Å². The minimum atomic E-state index is 0.0564. The third kappa shape index (κ3) is 2.58. The number of phenols is 2. The quantitative estimate of drug-likeness (QED) is 0.707.